The first-order valence-electron chi connectivity index (χ1n) is 23.5. The number of phenols is 1. The van der Waals surface area contributed by atoms with Crippen molar-refractivity contribution >= 4 is 43.7 Å². The molecule has 0 aliphatic rings. The van der Waals surface area contributed by atoms with Gasteiger partial charge < -0.3 is 9.52 Å². The Hall–Kier alpha value is -7.07. The summed E-state index contributed by atoms with van der Waals surface area (Å²) in [7, 11) is 0. The van der Waals surface area contributed by atoms with Gasteiger partial charge in [0.1, 0.15) is 22.7 Å². The molecule has 3 aromatic heterocycles. The van der Waals surface area contributed by atoms with Crippen molar-refractivity contribution in [3.05, 3.63) is 204 Å². The molecule has 0 bridgehead atoms. The monoisotopic (exact) mass is 1080 g/mol. The first kappa shape index (κ1) is 45.7. The van der Waals surface area contributed by atoms with Gasteiger partial charge in [-0.2, -0.15) is 0 Å². The summed E-state index contributed by atoms with van der Waals surface area (Å²) in [5.41, 5.74) is 13.7. The number of para-hydroxylation sites is 2. The summed E-state index contributed by atoms with van der Waals surface area (Å²) in [6.45, 7) is 17.7. The number of nitrogens with zero attached hydrogens (tertiary/aromatic N) is 3. The Morgan fingerprint density at radius 1 is 0.551 bits per heavy atom. The first-order valence-corrected chi connectivity index (χ1v) is 23.5. The van der Waals surface area contributed by atoms with Gasteiger partial charge in [-0.05, 0) is 74.7 Å². The van der Waals surface area contributed by atoms with E-state index < -0.39 is 5.41 Å². The third kappa shape index (κ3) is 7.97. The fourth-order valence-corrected chi connectivity index (χ4v) is 9.89. The Balaban J connectivity index is 0.00000553. The summed E-state index contributed by atoms with van der Waals surface area (Å²) in [5, 5.41) is 16.9. The molecule has 1 N–H and O–H groups in total. The van der Waals surface area contributed by atoms with Crippen molar-refractivity contribution in [2.45, 2.75) is 71.6 Å². The smallest absolute Gasteiger partial charge is 0.148 e. The zero-order valence-corrected chi connectivity index (χ0v) is 42.5. The van der Waals surface area contributed by atoms with E-state index in [1.54, 1.807) is 0 Å². The van der Waals surface area contributed by atoms with E-state index in [1.165, 1.54) is 5.56 Å². The van der Waals surface area contributed by atoms with E-state index in [2.05, 4.69) is 230 Å². The van der Waals surface area contributed by atoms with Crippen molar-refractivity contribution in [1.82, 2.24) is 14.5 Å². The average molecular weight is 1080 g/mol. The third-order valence-electron chi connectivity index (χ3n) is 13.8. The van der Waals surface area contributed by atoms with E-state index in [0.29, 0.717) is 11.4 Å². The second-order valence-electron chi connectivity index (χ2n) is 20.8. The molecule has 11 rings (SSSR count). The normalized spacial score (nSPS) is 12.3. The van der Waals surface area contributed by atoms with E-state index in [9.17, 15) is 5.11 Å². The predicted molar refractivity (Wildman–Crippen MR) is 282 cm³/mol. The predicted octanol–water partition coefficient (Wildman–Crippen LogP) is 16.6. The van der Waals surface area contributed by atoms with Gasteiger partial charge in [0, 0.05) is 60.3 Å². The van der Waals surface area contributed by atoms with Gasteiger partial charge in [-0.15, -0.1) is 29.3 Å². The van der Waals surface area contributed by atoms with Crippen LogP contribution in [0.4, 0.5) is 0 Å². The zero-order chi connectivity index (χ0) is 47.1. The fraction of sp³-hybridized carbons (Fsp3) is 0.175. The summed E-state index contributed by atoms with van der Waals surface area (Å²) < 4.78 is 9.04. The van der Waals surface area contributed by atoms with Crippen molar-refractivity contribution in [1.29, 1.82) is 0 Å². The Bertz CT molecular complexity index is 3740. The van der Waals surface area contributed by atoms with Crippen molar-refractivity contribution < 1.29 is 30.6 Å². The number of hydrogen-bond donors (Lipinski definition) is 1. The molecule has 0 atom stereocenters. The minimum atomic E-state index is -0.408. The molecule has 6 heteroatoms. The number of hydrogen-bond acceptors (Lipinski definition) is 4. The number of rotatable bonds is 7. The van der Waals surface area contributed by atoms with Gasteiger partial charge in [0.25, 0.3) is 0 Å². The molecule has 0 amide bonds. The molecule has 0 aliphatic heterocycles. The first-order chi connectivity index (χ1) is 32.6. The summed E-state index contributed by atoms with van der Waals surface area (Å²) in [6, 6.07) is 63.5. The molecule has 344 valence electrons. The van der Waals surface area contributed by atoms with Crippen LogP contribution in [0.2, 0.25) is 0 Å². The second kappa shape index (κ2) is 17.2. The van der Waals surface area contributed by atoms with Crippen LogP contribution >= 0.6 is 0 Å². The quantitative estimate of drug-likeness (QED) is 0.162. The average Bonchev–Trinajstić information content (AvgIpc) is 3.91. The van der Waals surface area contributed by atoms with Gasteiger partial charge in [0.15, 0.2) is 0 Å². The van der Waals surface area contributed by atoms with Crippen LogP contribution in [0.3, 0.4) is 0 Å². The van der Waals surface area contributed by atoms with Gasteiger partial charge in [0.2, 0.25) is 0 Å². The van der Waals surface area contributed by atoms with E-state index in [1.807, 2.05) is 12.3 Å². The Morgan fingerprint density at radius 2 is 1.20 bits per heavy atom. The molecule has 0 spiro atoms. The summed E-state index contributed by atoms with van der Waals surface area (Å²) in [4.78, 5) is 10.7. The van der Waals surface area contributed by atoms with E-state index in [4.69, 9.17) is 14.4 Å². The minimum absolute atomic E-state index is 0. The third-order valence-corrected chi connectivity index (χ3v) is 13.8. The maximum atomic E-state index is 12.6. The molecular weight excluding hydrogens is 1030 g/mol. The van der Waals surface area contributed by atoms with Crippen LogP contribution in [0.5, 0.6) is 5.75 Å². The largest absolute Gasteiger partial charge is 0.507 e. The van der Waals surface area contributed by atoms with Crippen LogP contribution in [-0.4, -0.2) is 19.6 Å². The number of benzene rings is 8. The molecule has 11 aromatic rings. The van der Waals surface area contributed by atoms with Gasteiger partial charge in [-0.1, -0.05) is 188 Å². The molecule has 8 aromatic carbocycles. The Morgan fingerprint density at radius 3 is 1.93 bits per heavy atom. The number of aromatic nitrogens is 3. The van der Waals surface area contributed by atoms with Crippen molar-refractivity contribution in [3.8, 4) is 56.3 Å². The number of furan rings is 1. The fourth-order valence-electron chi connectivity index (χ4n) is 9.89. The number of aromatic hydroxyl groups is 1. The Kier molecular flexibility index (Phi) is 11.4. The van der Waals surface area contributed by atoms with Crippen LogP contribution in [0.1, 0.15) is 77.6 Å². The SMILES string of the molecule is CC(C)(C)c1cc(-c2nc3c(-c4[c-]c(-c5nccc6c5oc5cc7ccccc7cc56)cc(C(C)(C)c5ccccc5)c4)cccc3n2-c2ccccc2-c2ccccc2)c(O)c(C(C)(C)C)c1.[Pt]. The molecule has 0 unspecified atom stereocenters. The maximum absolute atomic E-state index is 12.6. The molecule has 69 heavy (non-hydrogen) atoms. The molecule has 0 aliphatic carbocycles. The van der Waals surface area contributed by atoms with Gasteiger partial charge >= 0.3 is 0 Å². The molecular formula is C63H54N3O2Pt-. The van der Waals surface area contributed by atoms with Crippen LogP contribution in [0.25, 0.3) is 94.3 Å². The number of fused-ring (bicyclic) bond motifs is 5. The van der Waals surface area contributed by atoms with Crippen LogP contribution in [0.15, 0.2) is 180 Å². The van der Waals surface area contributed by atoms with Crippen molar-refractivity contribution in [3.63, 3.8) is 0 Å². The topological polar surface area (TPSA) is 64.1 Å². The summed E-state index contributed by atoms with van der Waals surface area (Å²) in [6.07, 6.45) is 1.88. The van der Waals surface area contributed by atoms with Crippen LogP contribution in [0, 0.1) is 6.07 Å². The van der Waals surface area contributed by atoms with E-state index in [0.717, 1.165) is 99.6 Å². The molecule has 0 fully saturated rings. The molecule has 3 heterocycles. The number of imidazole rings is 1. The number of pyridine rings is 1. The molecule has 0 saturated carbocycles. The van der Waals surface area contributed by atoms with Crippen LogP contribution < -0.4 is 0 Å². The standard InChI is InChI=1S/C63H54N3O2.Pt/c1-61(2,3)45-37-51(58(67)52(38-45)62(4,5)6)60-65-57-48(27-19-29-54(57)66(60)53-28-18-17-26-47(53)39-20-11-9-12-21-39)42-32-43(34-46(33-42)63(7,8)44-24-13-10-14-25-44)56-59-49(30-31-64-56)50-35-40-22-15-16-23-41(40)36-55(50)68-59;/h9-31,33-38,67H,1-8H3;/q-1;. The maximum Gasteiger partial charge on any atom is 0.148 e. The summed E-state index contributed by atoms with van der Waals surface area (Å²) in [5.74, 6) is 0.895. The summed E-state index contributed by atoms with van der Waals surface area (Å²) >= 11 is 0. The Labute approximate surface area is 418 Å². The van der Waals surface area contributed by atoms with Crippen molar-refractivity contribution in [2.24, 2.45) is 0 Å². The molecule has 5 nitrogen and oxygen atoms in total. The van der Waals surface area contributed by atoms with Crippen molar-refractivity contribution in [2.75, 3.05) is 0 Å². The minimum Gasteiger partial charge on any atom is -0.507 e. The molecule has 0 radical (unpaired) electrons. The van der Waals surface area contributed by atoms with E-state index >= 15 is 0 Å². The molecule has 0 saturated heterocycles. The van der Waals surface area contributed by atoms with Gasteiger partial charge in [0.05, 0.1) is 22.3 Å². The number of phenolic OH excluding ortho intramolecular Hbond substituents is 1. The van der Waals surface area contributed by atoms with Gasteiger partial charge in [-0.25, -0.2) is 4.98 Å². The van der Waals surface area contributed by atoms with E-state index in [-0.39, 0.29) is 37.6 Å². The second-order valence-corrected chi connectivity index (χ2v) is 20.8. The zero-order valence-electron chi connectivity index (χ0n) is 40.3. The van der Waals surface area contributed by atoms with Crippen LogP contribution in [-0.2, 0) is 37.3 Å². The van der Waals surface area contributed by atoms with Gasteiger partial charge in [-0.3, -0.25) is 9.55 Å².